The standard InChI is InChI=1S/C21H25F2N5O2S/c1-21(2)19-14(20(29)28(21)8-9-30-3)11-15(31-19)13-5-7-25-18(10-13)27-17(4-6-24)26-12-16(22)23/h4-7,10-11,16H,8-9,12,24H2,1-3H3,(H,25,26,27). The van der Waals surface area contributed by atoms with Crippen LogP contribution in [0, 0.1) is 0 Å². The molecule has 0 radical (unpaired) electrons. The number of nitrogens with two attached hydrogens (primary N) is 1. The molecular formula is C21H25F2N5O2S. The smallest absolute Gasteiger partial charge is 0.257 e. The van der Waals surface area contributed by atoms with Gasteiger partial charge in [0.1, 0.15) is 18.2 Å². The van der Waals surface area contributed by atoms with E-state index >= 15 is 0 Å². The molecule has 0 spiro atoms. The number of methoxy groups -OCH3 is 1. The maximum Gasteiger partial charge on any atom is 0.257 e. The summed E-state index contributed by atoms with van der Waals surface area (Å²) in [7, 11) is 1.61. The molecule has 3 heterocycles. The van der Waals surface area contributed by atoms with Crippen LogP contribution in [0.2, 0.25) is 0 Å². The molecule has 166 valence electrons. The minimum atomic E-state index is -2.56. The lowest BCUT2D eigenvalue weighted by Crippen LogP contribution is -2.41. The number of fused-ring (bicyclic) bond motifs is 1. The number of amidine groups is 1. The fraction of sp³-hybridized carbons (Fsp3) is 0.381. The molecule has 0 bridgehead atoms. The van der Waals surface area contributed by atoms with E-state index < -0.39 is 18.5 Å². The second kappa shape index (κ2) is 9.52. The van der Waals surface area contributed by atoms with Crippen LogP contribution in [0.15, 0.2) is 41.7 Å². The Morgan fingerprint density at radius 3 is 2.87 bits per heavy atom. The number of amides is 1. The van der Waals surface area contributed by atoms with Crippen LogP contribution in [-0.2, 0) is 10.3 Å². The molecule has 7 nitrogen and oxygen atoms in total. The predicted molar refractivity (Wildman–Crippen MR) is 119 cm³/mol. The number of halogens is 2. The molecule has 0 saturated heterocycles. The van der Waals surface area contributed by atoms with Crippen LogP contribution in [0.5, 0.6) is 0 Å². The molecular weight excluding hydrogens is 424 g/mol. The summed E-state index contributed by atoms with van der Waals surface area (Å²) in [6.07, 6.45) is 1.66. The summed E-state index contributed by atoms with van der Waals surface area (Å²) in [6.45, 7) is 4.41. The average Bonchev–Trinajstić information content (AvgIpc) is 3.25. The average molecular weight is 450 g/mol. The SMILES string of the molecule is COCCN1C(=O)c2cc(-c3ccnc(NC(C=CN)=NCC(F)F)c3)sc2C1(C)C. The van der Waals surface area contributed by atoms with E-state index in [0.717, 1.165) is 15.3 Å². The number of hydrogen-bond acceptors (Lipinski definition) is 6. The first-order valence-electron chi connectivity index (χ1n) is 9.67. The van der Waals surface area contributed by atoms with Crippen molar-refractivity contribution in [3.8, 4) is 10.4 Å². The zero-order valence-electron chi connectivity index (χ0n) is 17.6. The molecule has 0 aliphatic carbocycles. The Labute approximate surface area is 183 Å². The Morgan fingerprint density at radius 2 is 2.23 bits per heavy atom. The van der Waals surface area contributed by atoms with Crippen molar-refractivity contribution in [1.29, 1.82) is 0 Å². The number of anilines is 1. The molecule has 3 N–H and O–H groups in total. The van der Waals surface area contributed by atoms with Gasteiger partial charge in [-0.2, -0.15) is 0 Å². The minimum absolute atomic E-state index is 0.0125. The van der Waals surface area contributed by atoms with Crippen molar-refractivity contribution >= 4 is 28.9 Å². The third kappa shape index (κ3) is 4.91. The van der Waals surface area contributed by atoms with Gasteiger partial charge in [0.15, 0.2) is 0 Å². The molecule has 0 saturated carbocycles. The molecule has 0 unspecified atom stereocenters. The zero-order valence-corrected chi connectivity index (χ0v) is 18.4. The van der Waals surface area contributed by atoms with Gasteiger partial charge in [-0.05, 0) is 49.9 Å². The molecule has 0 fully saturated rings. The molecule has 31 heavy (non-hydrogen) atoms. The first-order chi connectivity index (χ1) is 14.8. The van der Waals surface area contributed by atoms with Crippen molar-refractivity contribution in [2.45, 2.75) is 25.8 Å². The van der Waals surface area contributed by atoms with Crippen molar-refractivity contribution in [1.82, 2.24) is 9.88 Å². The van der Waals surface area contributed by atoms with Crippen LogP contribution in [0.4, 0.5) is 14.6 Å². The summed E-state index contributed by atoms with van der Waals surface area (Å²) in [5.74, 6) is 0.608. The minimum Gasteiger partial charge on any atom is -0.404 e. The van der Waals surface area contributed by atoms with E-state index in [1.807, 2.05) is 30.9 Å². The van der Waals surface area contributed by atoms with Gasteiger partial charge in [-0.3, -0.25) is 9.79 Å². The summed E-state index contributed by atoms with van der Waals surface area (Å²) in [5, 5.41) is 2.90. The van der Waals surface area contributed by atoms with Crippen LogP contribution in [0.25, 0.3) is 10.4 Å². The first-order valence-corrected chi connectivity index (χ1v) is 10.5. The third-order valence-corrected chi connectivity index (χ3v) is 6.41. The quantitative estimate of drug-likeness (QED) is 0.474. The lowest BCUT2D eigenvalue weighted by molar-refractivity contribution is 0.0526. The Balaban J connectivity index is 1.86. The number of carbonyl (C=O) groups is 1. The van der Waals surface area contributed by atoms with Crippen molar-refractivity contribution in [2.75, 3.05) is 32.1 Å². The van der Waals surface area contributed by atoms with Gasteiger partial charge in [0.25, 0.3) is 12.3 Å². The first kappa shape index (κ1) is 22.8. The van der Waals surface area contributed by atoms with Crippen LogP contribution in [0.3, 0.4) is 0 Å². The number of nitrogens with zero attached hydrogens (tertiary/aromatic N) is 3. The van der Waals surface area contributed by atoms with Gasteiger partial charge in [-0.15, -0.1) is 11.3 Å². The van der Waals surface area contributed by atoms with E-state index in [0.29, 0.717) is 24.5 Å². The zero-order chi connectivity index (χ0) is 22.6. The molecule has 0 atom stereocenters. The molecule has 3 rings (SSSR count). The number of alkyl halides is 2. The van der Waals surface area contributed by atoms with Crippen LogP contribution in [0.1, 0.15) is 29.1 Å². The van der Waals surface area contributed by atoms with Gasteiger partial charge < -0.3 is 20.7 Å². The lowest BCUT2D eigenvalue weighted by atomic mass is 10.0. The number of thiophene rings is 1. The molecule has 0 aromatic carbocycles. The maximum absolute atomic E-state index is 12.9. The van der Waals surface area contributed by atoms with Crippen LogP contribution in [-0.4, -0.2) is 54.9 Å². The van der Waals surface area contributed by atoms with Crippen LogP contribution < -0.4 is 11.1 Å². The number of pyridine rings is 1. The number of aliphatic imine (C=N–C) groups is 1. The van der Waals surface area contributed by atoms with E-state index in [1.54, 1.807) is 30.7 Å². The number of hydrogen-bond donors (Lipinski definition) is 2. The highest BCUT2D eigenvalue weighted by molar-refractivity contribution is 7.16. The van der Waals surface area contributed by atoms with Crippen molar-refractivity contribution in [2.24, 2.45) is 10.7 Å². The summed E-state index contributed by atoms with van der Waals surface area (Å²) < 4.78 is 30.1. The largest absolute Gasteiger partial charge is 0.404 e. The Kier molecular flexibility index (Phi) is 7.01. The monoisotopic (exact) mass is 449 g/mol. The van der Waals surface area contributed by atoms with Crippen LogP contribution >= 0.6 is 11.3 Å². The lowest BCUT2D eigenvalue weighted by Gasteiger charge is -2.32. The summed E-state index contributed by atoms with van der Waals surface area (Å²) in [6, 6.07) is 5.51. The van der Waals surface area contributed by atoms with Crippen molar-refractivity contribution in [3.63, 3.8) is 0 Å². The molecule has 1 amide bonds. The Hall–Kier alpha value is -2.85. The second-order valence-electron chi connectivity index (χ2n) is 7.39. The third-order valence-electron chi connectivity index (χ3n) is 4.91. The van der Waals surface area contributed by atoms with Gasteiger partial charge in [0, 0.05) is 29.6 Å². The number of ether oxygens (including phenoxy) is 1. The molecule has 2 aromatic rings. The van der Waals surface area contributed by atoms with Gasteiger partial charge in [-0.1, -0.05) is 0 Å². The van der Waals surface area contributed by atoms with Crippen molar-refractivity contribution < 1.29 is 18.3 Å². The Morgan fingerprint density at radius 1 is 1.45 bits per heavy atom. The van der Waals surface area contributed by atoms with E-state index in [-0.39, 0.29) is 11.7 Å². The summed E-state index contributed by atoms with van der Waals surface area (Å²) in [4.78, 5) is 24.7. The van der Waals surface area contributed by atoms with Gasteiger partial charge >= 0.3 is 0 Å². The fourth-order valence-electron chi connectivity index (χ4n) is 3.41. The van der Waals surface area contributed by atoms with E-state index in [4.69, 9.17) is 10.5 Å². The number of rotatable bonds is 8. The molecule has 10 heteroatoms. The maximum atomic E-state index is 12.9. The number of nitrogens with one attached hydrogen (secondary N) is 1. The summed E-state index contributed by atoms with van der Waals surface area (Å²) in [5.41, 5.74) is 6.50. The fourth-order valence-corrected chi connectivity index (χ4v) is 4.67. The van der Waals surface area contributed by atoms with E-state index in [2.05, 4.69) is 15.3 Å². The predicted octanol–water partition coefficient (Wildman–Crippen LogP) is 3.70. The topological polar surface area (TPSA) is 92.8 Å². The highest BCUT2D eigenvalue weighted by Gasteiger charge is 2.44. The van der Waals surface area contributed by atoms with Gasteiger partial charge in [0.05, 0.1) is 17.7 Å². The number of aromatic nitrogens is 1. The van der Waals surface area contributed by atoms with Crippen molar-refractivity contribution in [3.05, 3.63) is 47.1 Å². The highest BCUT2D eigenvalue weighted by Crippen LogP contribution is 2.46. The second-order valence-corrected chi connectivity index (χ2v) is 8.45. The molecule has 2 aromatic heterocycles. The normalized spacial score (nSPS) is 15.9. The van der Waals surface area contributed by atoms with E-state index in [9.17, 15) is 13.6 Å². The summed E-state index contributed by atoms with van der Waals surface area (Å²) >= 11 is 1.55. The van der Waals surface area contributed by atoms with Gasteiger partial charge in [0.2, 0.25) is 0 Å². The molecule has 1 aliphatic rings. The highest BCUT2D eigenvalue weighted by atomic mass is 32.1. The van der Waals surface area contributed by atoms with Gasteiger partial charge in [-0.25, -0.2) is 13.8 Å². The Bertz CT molecular complexity index is 1000. The molecule has 1 aliphatic heterocycles. The number of carbonyl (C=O) groups excluding carboxylic acids is 1. The van der Waals surface area contributed by atoms with E-state index in [1.165, 1.54) is 12.3 Å².